The van der Waals surface area contributed by atoms with Crippen molar-refractivity contribution in [1.82, 2.24) is 14.5 Å². The van der Waals surface area contributed by atoms with E-state index in [1.165, 1.54) is 22.0 Å². The Morgan fingerprint density at radius 1 is 1.48 bits per heavy atom. The van der Waals surface area contributed by atoms with Gasteiger partial charge in [0, 0.05) is 19.5 Å². The third-order valence-corrected chi connectivity index (χ3v) is 3.50. The number of carbonyl (C=O) groups is 2. The van der Waals surface area contributed by atoms with E-state index < -0.39 is 16.9 Å². The quantitative estimate of drug-likeness (QED) is 0.629. The normalized spacial score (nSPS) is 18.5. The van der Waals surface area contributed by atoms with E-state index in [0.717, 1.165) is 12.8 Å². The summed E-state index contributed by atoms with van der Waals surface area (Å²) in [5.41, 5.74) is 0. The van der Waals surface area contributed by atoms with Crippen LogP contribution in [0.25, 0.3) is 0 Å². The predicted octanol–water partition coefficient (Wildman–Crippen LogP) is 0.647. The minimum Gasteiger partial charge on any atom is -0.480 e. The van der Waals surface area contributed by atoms with Gasteiger partial charge in [-0.1, -0.05) is 0 Å². The van der Waals surface area contributed by atoms with Gasteiger partial charge in [0.2, 0.25) is 12.2 Å². The molecule has 1 N–H and O–H groups in total. The average molecular weight is 296 g/mol. The van der Waals surface area contributed by atoms with Crippen molar-refractivity contribution in [2.45, 2.75) is 38.3 Å². The zero-order valence-electron chi connectivity index (χ0n) is 11.3. The highest BCUT2D eigenvalue weighted by molar-refractivity contribution is 5.83. The van der Waals surface area contributed by atoms with Gasteiger partial charge in [0.15, 0.2) is 0 Å². The Kier molecular flexibility index (Phi) is 4.51. The van der Waals surface area contributed by atoms with Crippen molar-refractivity contribution in [3.63, 3.8) is 0 Å². The molecule has 2 rings (SSSR count). The summed E-state index contributed by atoms with van der Waals surface area (Å²) in [5.74, 6) is -1.51. The van der Waals surface area contributed by atoms with Crippen LogP contribution in [0, 0.1) is 10.1 Å². The lowest BCUT2D eigenvalue weighted by Gasteiger charge is -2.33. The van der Waals surface area contributed by atoms with E-state index in [4.69, 9.17) is 5.11 Å². The molecule has 1 atom stereocenters. The number of hydrogen-bond acceptors (Lipinski definition) is 5. The number of likely N-dealkylation sites (tertiary alicyclic amines) is 1. The first-order chi connectivity index (χ1) is 9.99. The molecule has 0 aliphatic carbocycles. The van der Waals surface area contributed by atoms with Gasteiger partial charge in [-0.2, -0.15) is 0 Å². The number of piperidine rings is 1. The van der Waals surface area contributed by atoms with Crippen molar-refractivity contribution >= 4 is 17.7 Å². The second-order valence-electron chi connectivity index (χ2n) is 4.91. The van der Waals surface area contributed by atoms with Gasteiger partial charge in [0.1, 0.15) is 12.2 Å². The highest BCUT2D eigenvalue weighted by atomic mass is 16.6. The first kappa shape index (κ1) is 14.9. The van der Waals surface area contributed by atoms with Crippen molar-refractivity contribution in [3.8, 4) is 0 Å². The van der Waals surface area contributed by atoms with Gasteiger partial charge in [-0.3, -0.25) is 4.79 Å². The molecular weight excluding hydrogens is 280 g/mol. The first-order valence-electron chi connectivity index (χ1n) is 6.67. The zero-order chi connectivity index (χ0) is 15.4. The summed E-state index contributed by atoms with van der Waals surface area (Å²) in [7, 11) is 0. The van der Waals surface area contributed by atoms with Crippen LogP contribution in [0.4, 0.5) is 5.82 Å². The number of nitro groups is 1. The maximum absolute atomic E-state index is 12.1. The standard InChI is InChI=1S/C12H16N4O5/c17-11(15-5-2-1-3-9(15)12(18)19)4-6-14-7-10(13-8-14)16(20)21/h7-9H,1-6H2,(H,18,19). The van der Waals surface area contributed by atoms with E-state index in [-0.39, 0.29) is 24.7 Å². The Hall–Kier alpha value is -2.45. The number of nitrogens with zero attached hydrogens (tertiary/aromatic N) is 4. The van der Waals surface area contributed by atoms with E-state index in [1.807, 2.05) is 0 Å². The fraction of sp³-hybridized carbons (Fsp3) is 0.583. The summed E-state index contributed by atoms with van der Waals surface area (Å²) in [4.78, 5) is 38.1. The molecule has 9 heteroatoms. The topological polar surface area (TPSA) is 119 Å². The number of aromatic nitrogens is 2. The van der Waals surface area contributed by atoms with Crippen molar-refractivity contribution in [1.29, 1.82) is 0 Å². The monoisotopic (exact) mass is 296 g/mol. The van der Waals surface area contributed by atoms with Gasteiger partial charge >= 0.3 is 11.8 Å². The van der Waals surface area contributed by atoms with Gasteiger partial charge in [-0.15, -0.1) is 0 Å². The molecule has 9 nitrogen and oxygen atoms in total. The Bertz CT molecular complexity index is 556. The number of amides is 1. The minimum atomic E-state index is -0.985. The smallest absolute Gasteiger partial charge is 0.381 e. The van der Waals surface area contributed by atoms with Gasteiger partial charge in [-0.25, -0.2) is 4.79 Å². The molecule has 0 aromatic carbocycles. The SMILES string of the molecule is O=C(O)C1CCCCN1C(=O)CCn1cnc([N+](=O)[O-])c1. The van der Waals surface area contributed by atoms with Crippen LogP contribution in [0.15, 0.2) is 12.5 Å². The van der Waals surface area contributed by atoms with Gasteiger partial charge in [0.05, 0.1) is 0 Å². The molecule has 0 spiro atoms. The van der Waals surface area contributed by atoms with Crippen LogP contribution in [-0.2, 0) is 16.1 Å². The van der Waals surface area contributed by atoms with E-state index in [2.05, 4.69) is 4.98 Å². The average Bonchev–Trinajstić information content (AvgIpc) is 2.94. The Labute approximate surface area is 120 Å². The van der Waals surface area contributed by atoms with Gasteiger partial charge in [0.25, 0.3) is 0 Å². The fourth-order valence-corrected chi connectivity index (χ4v) is 2.42. The first-order valence-corrected chi connectivity index (χ1v) is 6.67. The molecule has 1 amide bonds. The number of imidazole rings is 1. The van der Waals surface area contributed by atoms with Crippen LogP contribution in [0.3, 0.4) is 0 Å². The molecule has 0 saturated carbocycles. The summed E-state index contributed by atoms with van der Waals surface area (Å²) >= 11 is 0. The number of carboxylic acid groups (broad SMARTS) is 1. The molecular formula is C12H16N4O5. The number of rotatable bonds is 5. The molecule has 1 aliphatic heterocycles. The Balaban J connectivity index is 1.93. The maximum atomic E-state index is 12.1. The minimum absolute atomic E-state index is 0.0945. The third kappa shape index (κ3) is 3.56. The molecule has 1 unspecified atom stereocenters. The molecule has 1 aromatic rings. The van der Waals surface area contributed by atoms with E-state index in [1.54, 1.807) is 0 Å². The number of aliphatic carboxylic acids is 1. The molecule has 1 saturated heterocycles. The van der Waals surface area contributed by atoms with Crippen LogP contribution in [0.2, 0.25) is 0 Å². The molecule has 21 heavy (non-hydrogen) atoms. The summed E-state index contributed by atoms with van der Waals surface area (Å²) in [6.07, 6.45) is 4.70. The van der Waals surface area contributed by atoms with E-state index in [0.29, 0.717) is 13.0 Å². The molecule has 0 radical (unpaired) electrons. The summed E-state index contributed by atoms with van der Waals surface area (Å²) in [6.45, 7) is 0.683. The Morgan fingerprint density at radius 2 is 2.24 bits per heavy atom. The second kappa shape index (κ2) is 6.33. The summed E-state index contributed by atoms with van der Waals surface area (Å²) in [5, 5.41) is 19.6. The number of carboxylic acids is 1. The predicted molar refractivity (Wildman–Crippen MR) is 70.5 cm³/mol. The van der Waals surface area contributed by atoms with Crippen molar-refractivity contribution in [2.75, 3.05) is 6.54 Å². The van der Waals surface area contributed by atoms with Crippen molar-refractivity contribution in [2.24, 2.45) is 0 Å². The van der Waals surface area contributed by atoms with E-state index >= 15 is 0 Å². The van der Waals surface area contributed by atoms with Crippen LogP contribution in [0.5, 0.6) is 0 Å². The highest BCUT2D eigenvalue weighted by Crippen LogP contribution is 2.18. The molecule has 1 aromatic heterocycles. The van der Waals surface area contributed by atoms with Crippen LogP contribution >= 0.6 is 0 Å². The van der Waals surface area contributed by atoms with E-state index in [9.17, 15) is 19.7 Å². The summed E-state index contributed by atoms with van der Waals surface area (Å²) in [6, 6.07) is -0.761. The highest BCUT2D eigenvalue weighted by Gasteiger charge is 2.31. The van der Waals surface area contributed by atoms with Crippen LogP contribution in [0.1, 0.15) is 25.7 Å². The Morgan fingerprint density at radius 3 is 2.86 bits per heavy atom. The second-order valence-corrected chi connectivity index (χ2v) is 4.91. The number of carbonyl (C=O) groups excluding carboxylic acids is 1. The zero-order valence-corrected chi connectivity index (χ0v) is 11.3. The molecule has 1 fully saturated rings. The molecule has 0 bridgehead atoms. The van der Waals surface area contributed by atoms with Gasteiger partial charge in [-0.05, 0) is 29.2 Å². The van der Waals surface area contributed by atoms with Crippen molar-refractivity contribution in [3.05, 3.63) is 22.6 Å². The number of hydrogen-bond donors (Lipinski definition) is 1. The lowest BCUT2D eigenvalue weighted by molar-refractivity contribution is -0.389. The van der Waals surface area contributed by atoms with Crippen LogP contribution < -0.4 is 0 Å². The molecule has 114 valence electrons. The molecule has 2 heterocycles. The van der Waals surface area contributed by atoms with Crippen LogP contribution in [-0.4, -0.2) is 48.9 Å². The lowest BCUT2D eigenvalue weighted by atomic mass is 10.0. The maximum Gasteiger partial charge on any atom is 0.381 e. The third-order valence-electron chi connectivity index (χ3n) is 3.50. The van der Waals surface area contributed by atoms with Gasteiger partial charge < -0.3 is 24.7 Å². The lowest BCUT2D eigenvalue weighted by Crippen LogP contribution is -2.48. The molecule has 1 aliphatic rings. The summed E-state index contributed by atoms with van der Waals surface area (Å²) < 4.78 is 1.45. The largest absolute Gasteiger partial charge is 0.480 e. The number of aryl methyl sites for hydroxylation is 1. The fourth-order valence-electron chi connectivity index (χ4n) is 2.42. The van der Waals surface area contributed by atoms with Crippen molar-refractivity contribution < 1.29 is 19.6 Å².